The van der Waals surface area contributed by atoms with Gasteiger partial charge in [-0.3, -0.25) is 4.57 Å². The fourth-order valence-corrected chi connectivity index (χ4v) is 7.12. The third kappa shape index (κ3) is 6.19. The predicted octanol–water partition coefficient (Wildman–Crippen LogP) is 6.08. The zero-order chi connectivity index (χ0) is 31.6. The highest BCUT2D eigenvalue weighted by Crippen LogP contribution is 2.43. The van der Waals surface area contributed by atoms with Gasteiger partial charge in [-0.15, -0.1) is 0 Å². The van der Waals surface area contributed by atoms with Crippen molar-refractivity contribution in [3.05, 3.63) is 130 Å². The van der Waals surface area contributed by atoms with E-state index < -0.39 is 6.29 Å². The average Bonchev–Trinajstić information content (AvgIpc) is 3.45. The van der Waals surface area contributed by atoms with Crippen LogP contribution in [0.25, 0.3) is 22.2 Å². The van der Waals surface area contributed by atoms with Crippen LogP contribution in [-0.4, -0.2) is 45.3 Å². The molecule has 0 unspecified atom stereocenters. The van der Waals surface area contributed by atoms with Crippen LogP contribution in [0.2, 0.25) is 0 Å². The van der Waals surface area contributed by atoms with Gasteiger partial charge in [0.15, 0.2) is 6.29 Å². The monoisotopic (exact) mass is 618 g/mol. The molecule has 46 heavy (non-hydrogen) atoms. The molecule has 3 heterocycles. The van der Waals surface area contributed by atoms with Gasteiger partial charge in [-0.1, -0.05) is 79.7 Å². The molecular formula is C38H42N4O4. The highest BCUT2D eigenvalue weighted by molar-refractivity contribution is 5.75. The van der Waals surface area contributed by atoms with E-state index in [1.54, 1.807) is 0 Å². The highest BCUT2D eigenvalue weighted by atomic mass is 16.7. The highest BCUT2D eigenvalue weighted by Gasteiger charge is 2.39. The third-order valence-corrected chi connectivity index (χ3v) is 9.76. The van der Waals surface area contributed by atoms with E-state index in [9.17, 15) is 9.90 Å². The van der Waals surface area contributed by atoms with Crippen LogP contribution >= 0.6 is 0 Å². The minimum atomic E-state index is -0.538. The van der Waals surface area contributed by atoms with Crippen molar-refractivity contribution in [2.45, 2.75) is 57.5 Å². The number of hydrogen-bond donors (Lipinski definition) is 3. The van der Waals surface area contributed by atoms with Crippen molar-refractivity contribution in [3.63, 3.8) is 0 Å². The quantitative estimate of drug-likeness (QED) is 0.195. The molecule has 8 nitrogen and oxygen atoms in total. The number of nitrogens with one attached hydrogen (secondary N) is 1. The smallest absolute Gasteiger partial charge is 0.326 e. The second-order valence-electron chi connectivity index (χ2n) is 12.7. The Hall–Kier alpha value is -4.05. The first kappa shape index (κ1) is 30.6. The van der Waals surface area contributed by atoms with E-state index in [-0.39, 0.29) is 36.5 Å². The van der Waals surface area contributed by atoms with E-state index in [4.69, 9.17) is 15.2 Å². The number of nitrogens with two attached hydrogens (primary N) is 1. The molecule has 2 fully saturated rings. The van der Waals surface area contributed by atoms with Crippen molar-refractivity contribution in [1.29, 1.82) is 0 Å². The minimum absolute atomic E-state index is 0.00843. The first-order valence-corrected chi connectivity index (χ1v) is 16.3. The molecule has 1 aromatic heterocycles. The molecule has 5 aromatic rings. The van der Waals surface area contributed by atoms with Crippen LogP contribution in [0.15, 0.2) is 102 Å². The van der Waals surface area contributed by atoms with Gasteiger partial charge in [-0.2, -0.15) is 0 Å². The molecule has 8 heteroatoms. The first-order valence-electron chi connectivity index (χ1n) is 16.3. The van der Waals surface area contributed by atoms with Gasteiger partial charge in [-0.05, 0) is 64.9 Å². The molecule has 0 bridgehead atoms. The third-order valence-electron chi connectivity index (χ3n) is 9.76. The number of likely N-dealkylation sites (tertiary alicyclic amines) is 1. The Morgan fingerprint density at radius 3 is 2.35 bits per heavy atom. The summed E-state index contributed by atoms with van der Waals surface area (Å²) in [6.07, 6.45) is 1.02. The normalized spacial score (nSPS) is 22.8. The van der Waals surface area contributed by atoms with E-state index in [2.05, 4.69) is 65.3 Å². The lowest BCUT2D eigenvalue weighted by Gasteiger charge is -2.44. The average molecular weight is 619 g/mol. The molecule has 4 aromatic carbocycles. The molecule has 0 aliphatic carbocycles. The number of H-pyrrole nitrogens is 1. The molecule has 2 saturated heterocycles. The number of benzene rings is 4. The summed E-state index contributed by atoms with van der Waals surface area (Å²) in [5.41, 5.74) is 14.0. The molecule has 2 aliphatic heterocycles. The fourth-order valence-electron chi connectivity index (χ4n) is 7.12. The summed E-state index contributed by atoms with van der Waals surface area (Å²) in [5.74, 6) is 0.0922. The summed E-state index contributed by atoms with van der Waals surface area (Å²) in [4.78, 5) is 18.3. The summed E-state index contributed by atoms with van der Waals surface area (Å²) in [5, 5.41) is 9.62. The zero-order valence-corrected chi connectivity index (χ0v) is 26.2. The van der Waals surface area contributed by atoms with Gasteiger partial charge in [0.25, 0.3) is 0 Å². The van der Waals surface area contributed by atoms with Gasteiger partial charge in [0, 0.05) is 43.7 Å². The Morgan fingerprint density at radius 1 is 0.848 bits per heavy atom. The number of ether oxygens (including phenoxy) is 2. The molecule has 7 rings (SSSR count). The number of piperidine rings is 1. The van der Waals surface area contributed by atoms with Gasteiger partial charge in [0.1, 0.15) is 0 Å². The van der Waals surface area contributed by atoms with Gasteiger partial charge >= 0.3 is 5.69 Å². The Kier molecular flexibility index (Phi) is 8.88. The molecule has 0 spiro atoms. The van der Waals surface area contributed by atoms with Crippen LogP contribution in [0, 0.1) is 5.92 Å². The van der Waals surface area contributed by atoms with Gasteiger partial charge < -0.3 is 30.2 Å². The molecule has 4 N–H and O–H groups in total. The lowest BCUT2D eigenvalue weighted by atomic mass is 9.89. The molecular weight excluding hydrogens is 576 g/mol. The Balaban J connectivity index is 1.12. The summed E-state index contributed by atoms with van der Waals surface area (Å²) in [6, 6.07) is 32.9. The van der Waals surface area contributed by atoms with Crippen molar-refractivity contribution < 1.29 is 14.6 Å². The molecule has 4 atom stereocenters. The molecule has 0 amide bonds. The summed E-state index contributed by atoms with van der Waals surface area (Å²) in [7, 11) is 0. The molecule has 0 radical (unpaired) electrons. The molecule has 0 saturated carbocycles. The van der Waals surface area contributed by atoms with Crippen LogP contribution in [0.5, 0.6) is 0 Å². The summed E-state index contributed by atoms with van der Waals surface area (Å²) in [6.45, 7) is 5.26. The maximum atomic E-state index is 12.8. The van der Waals surface area contributed by atoms with Crippen molar-refractivity contribution in [3.8, 4) is 11.1 Å². The van der Waals surface area contributed by atoms with Crippen molar-refractivity contribution in [1.82, 2.24) is 14.5 Å². The standard InChI is InChI=1S/C38H42N4O4/c1-25-35(23-41-18-16-32(17-19-41)42-34-11-3-2-10-33(34)40-38(42)44)45-37(46-36(25)28-14-12-26(24-43)13-15-28)31-9-5-8-30(21-31)29-7-4-6-27(20-29)22-39/h2-15,20-21,25,32,35-37,43H,16-19,22-24,39H2,1H3,(H,40,44)/t25-,35+,36+,37+/m1/s1. The second kappa shape index (κ2) is 13.4. The largest absolute Gasteiger partial charge is 0.392 e. The van der Waals surface area contributed by atoms with Crippen LogP contribution in [-0.2, 0) is 22.6 Å². The number of hydrogen-bond acceptors (Lipinski definition) is 6. The lowest BCUT2D eigenvalue weighted by Crippen LogP contribution is -2.47. The number of para-hydroxylation sites is 2. The number of aliphatic hydroxyl groups excluding tert-OH is 1. The molecule has 238 valence electrons. The maximum Gasteiger partial charge on any atom is 0.326 e. The number of aliphatic hydroxyl groups is 1. The van der Waals surface area contributed by atoms with Gasteiger partial charge in [-0.25, -0.2) is 4.79 Å². The Morgan fingerprint density at radius 2 is 1.59 bits per heavy atom. The van der Waals surface area contributed by atoms with Gasteiger partial charge in [0.05, 0.1) is 29.8 Å². The van der Waals surface area contributed by atoms with Crippen LogP contribution in [0.4, 0.5) is 0 Å². The number of rotatable bonds is 8. The molecule has 2 aliphatic rings. The Labute approximate surface area is 269 Å². The van der Waals surface area contributed by atoms with Crippen LogP contribution in [0.3, 0.4) is 0 Å². The van der Waals surface area contributed by atoms with E-state index in [1.165, 1.54) is 0 Å². The van der Waals surface area contributed by atoms with Crippen LogP contribution < -0.4 is 11.4 Å². The van der Waals surface area contributed by atoms with Crippen molar-refractivity contribution in [2.24, 2.45) is 11.7 Å². The number of aromatic amines is 1. The van der Waals surface area contributed by atoms with Crippen molar-refractivity contribution in [2.75, 3.05) is 19.6 Å². The van der Waals surface area contributed by atoms with E-state index >= 15 is 0 Å². The van der Waals surface area contributed by atoms with Crippen molar-refractivity contribution >= 4 is 11.0 Å². The second-order valence-corrected chi connectivity index (χ2v) is 12.7. The fraction of sp³-hybridized carbons (Fsp3) is 0.342. The first-order chi connectivity index (χ1) is 22.5. The SMILES string of the molecule is C[C@@H]1[C@H](CN2CCC(n3c(=O)[nH]c4ccccc43)CC2)O[C@H](c2cccc(-c3cccc(CN)c3)c2)O[C@@H]1c1ccc(CO)cc1. The summed E-state index contributed by atoms with van der Waals surface area (Å²) >= 11 is 0. The number of imidazole rings is 1. The minimum Gasteiger partial charge on any atom is -0.392 e. The maximum absolute atomic E-state index is 12.8. The van der Waals surface area contributed by atoms with E-state index in [0.717, 1.165) is 76.9 Å². The number of nitrogens with zero attached hydrogens (tertiary/aromatic N) is 2. The Bertz CT molecular complexity index is 1840. The topological polar surface area (TPSA) is 106 Å². The van der Waals surface area contributed by atoms with Crippen LogP contribution in [0.1, 0.15) is 60.5 Å². The number of fused-ring (bicyclic) bond motifs is 1. The number of aromatic nitrogens is 2. The zero-order valence-electron chi connectivity index (χ0n) is 26.2. The predicted molar refractivity (Wildman–Crippen MR) is 180 cm³/mol. The summed E-state index contributed by atoms with van der Waals surface area (Å²) < 4.78 is 15.5. The lowest BCUT2D eigenvalue weighted by molar-refractivity contribution is -0.276. The van der Waals surface area contributed by atoms with Gasteiger partial charge in [0.2, 0.25) is 0 Å². The van der Waals surface area contributed by atoms with E-state index in [1.807, 2.05) is 53.1 Å². The van der Waals surface area contributed by atoms with E-state index in [0.29, 0.717) is 6.54 Å².